The number of ether oxygens (including phenoxy) is 1. The lowest BCUT2D eigenvalue weighted by Crippen LogP contribution is -2.08. The number of hydrogen-bond acceptors (Lipinski definition) is 5. The van der Waals surface area contributed by atoms with Crippen LogP contribution in [0, 0.1) is 12.3 Å². The third-order valence-corrected chi connectivity index (χ3v) is 3.63. The summed E-state index contributed by atoms with van der Waals surface area (Å²) in [6.07, 6.45) is 1.21. The van der Waals surface area contributed by atoms with Crippen molar-refractivity contribution in [3.8, 4) is 5.88 Å². The first-order valence-corrected chi connectivity index (χ1v) is 7.36. The number of nitrogens with zero attached hydrogens (tertiary/aromatic N) is 2. The minimum absolute atomic E-state index is 0.455. The molecule has 0 saturated heterocycles. The topological polar surface area (TPSA) is 70.9 Å². The van der Waals surface area contributed by atoms with Crippen molar-refractivity contribution < 1.29 is 4.74 Å². The van der Waals surface area contributed by atoms with Crippen LogP contribution in [0.1, 0.15) is 17.1 Å². The molecule has 2 N–H and O–H groups in total. The van der Waals surface area contributed by atoms with Crippen LogP contribution in [0.2, 0.25) is 0 Å². The SMILES string of the molecule is COc1nc(C)nc(C=N)c1NCc1ccc2ccccc2c1. The Morgan fingerprint density at radius 1 is 1.13 bits per heavy atom. The lowest BCUT2D eigenvalue weighted by atomic mass is 10.1. The molecule has 116 valence electrons. The third kappa shape index (κ3) is 3.13. The van der Waals surface area contributed by atoms with Gasteiger partial charge in [0.1, 0.15) is 17.2 Å². The molecule has 0 saturated carbocycles. The Balaban J connectivity index is 1.88. The van der Waals surface area contributed by atoms with Crippen molar-refractivity contribution in [2.24, 2.45) is 0 Å². The van der Waals surface area contributed by atoms with E-state index in [9.17, 15) is 0 Å². The minimum Gasteiger partial charge on any atom is -0.479 e. The van der Waals surface area contributed by atoms with E-state index in [4.69, 9.17) is 10.1 Å². The highest BCUT2D eigenvalue weighted by Crippen LogP contribution is 2.25. The molecule has 0 bridgehead atoms. The molecule has 1 aromatic heterocycles. The monoisotopic (exact) mass is 306 g/mol. The summed E-state index contributed by atoms with van der Waals surface area (Å²) in [5.74, 6) is 1.04. The van der Waals surface area contributed by atoms with Gasteiger partial charge in [0.05, 0.1) is 7.11 Å². The fourth-order valence-electron chi connectivity index (χ4n) is 2.53. The normalized spacial score (nSPS) is 10.5. The van der Waals surface area contributed by atoms with E-state index in [-0.39, 0.29) is 0 Å². The zero-order valence-electron chi connectivity index (χ0n) is 13.1. The van der Waals surface area contributed by atoms with Gasteiger partial charge >= 0.3 is 0 Å². The number of hydrogen-bond donors (Lipinski definition) is 2. The summed E-state index contributed by atoms with van der Waals surface area (Å²) in [5, 5.41) is 13.2. The van der Waals surface area contributed by atoms with Gasteiger partial charge in [-0.05, 0) is 29.3 Å². The maximum Gasteiger partial charge on any atom is 0.241 e. The first kappa shape index (κ1) is 15.0. The van der Waals surface area contributed by atoms with E-state index >= 15 is 0 Å². The zero-order valence-corrected chi connectivity index (χ0v) is 13.1. The Morgan fingerprint density at radius 2 is 1.91 bits per heavy atom. The van der Waals surface area contributed by atoms with Crippen molar-refractivity contribution in [3.63, 3.8) is 0 Å². The second-order valence-corrected chi connectivity index (χ2v) is 5.22. The Kier molecular flexibility index (Phi) is 4.19. The quantitative estimate of drug-likeness (QED) is 0.707. The maximum atomic E-state index is 7.53. The van der Waals surface area contributed by atoms with Crippen LogP contribution in [0.25, 0.3) is 10.8 Å². The zero-order chi connectivity index (χ0) is 16.2. The fourth-order valence-corrected chi connectivity index (χ4v) is 2.53. The van der Waals surface area contributed by atoms with Gasteiger partial charge in [0.25, 0.3) is 0 Å². The van der Waals surface area contributed by atoms with E-state index in [1.165, 1.54) is 17.0 Å². The van der Waals surface area contributed by atoms with Crippen LogP contribution in [-0.4, -0.2) is 23.3 Å². The smallest absolute Gasteiger partial charge is 0.241 e. The molecule has 5 heteroatoms. The highest BCUT2D eigenvalue weighted by molar-refractivity contribution is 5.85. The molecule has 5 nitrogen and oxygen atoms in total. The number of methoxy groups -OCH3 is 1. The van der Waals surface area contributed by atoms with Crippen LogP contribution in [0.4, 0.5) is 5.69 Å². The highest BCUT2D eigenvalue weighted by atomic mass is 16.5. The standard InChI is InChI=1S/C18H18N4O/c1-12-21-16(10-19)17(18(22-12)23-2)20-11-13-7-8-14-5-3-4-6-15(14)9-13/h3-10,19-20H,11H2,1-2H3. The van der Waals surface area contributed by atoms with E-state index in [0.717, 1.165) is 5.56 Å². The lowest BCUT2D eigenvalue weighted by molar-refractivity contribution is 0.397. The Labute approximate surface area is 134 Å². The molecule has 2 aromatic carbocycles. The fraction of sp³-hybridized carbons (Fsp3) is 0.167. The summed E-state index contributed by atoms with van der Waals surface area (Å²) >= 11 is 0. The maximum absolute atomic E-state index is 7.53. The predicted molar refractivity (Wildman–Crippen MR) is 92.5 cm³/mol. The Hall–Kier alpha value is -2.95. The average Bonchev–Trinajstić information content (AvgIpc) is 2.59. The molecule has 1 heterocycles. The van der Waals surface area contributed by atoms with Crippen molar-refractivity contribution >= 4 is 22.7 Å². The number of aromatic nitrogens is 2. The van der Waals surface area contributed by atoms with Crippen LogP contribution in [-0.2, 0) is 6.54 Å². The molecule has 0 atom stereocenters. The van der Waals surface area contributed by atoms with Crippen LogP contribution in [0.15, 0.2) is 42.5 Å². The summed E-state index contributed by atoms with van der Waals surface area (Å²) in [4.78, 5) is 8.53. The van der Waals surface area contributed by atoms with Crippen LogP contribution in [0.3, 0.4) is 0 Å². The van der Waals surface area contributed by atoms with Crippen LogP contribution >= 0.6 is 0 Å². The second-order valence-electron chi connectivity index (χ2n) is 5.22. The van der Waals surface area contributed by atoms with Gasteiger partial charge in [-0.25, -0.2) is 4.98 Å². The van der Waals surface area contributed by atoms with Gasteiger partial charge in [-0.3, -0.25) is 0 Å². The molecule has 0 aliphatic rings. The van der Waals surface area contributed by atoms with E-state index in [0.29, 0.717) is 29.6 Å². The molecule has 23 heavy (non-hydrogen) atoms. The third-order valence-electron chi connectivity index (χ3n) is 3.63. The number of aryl methyl sites for hydroxylation is 1. The first-order valence-electron chi connectivity index (χ1n) is 7.36. The summed E-state index contributed by atoms with van der Waals surface area (Å²) in [7, 11) is 1.57. The second kappa shape index (κ2) is 6.44. The number of rotatable bonds is 5. The molecule has 0 aliphatic carbocycles. The summed E-state index contributed by atoms with van der Waals surface area (Å²) in [6.45, 7) is 2.39. The van der Waals surface area contributed by atoms with E-state index in [2.05, 4.69) is 45.6 Å². The lowest BCUT2D eigenvalue weighted by Gasteiger charge is -2.13. The summed E-state index contributed by atoms with van der Waals surface area (Å²) in [6, 6.07) is 14.6. The van der Waals surface area contributed by atoms with Gasteiger partial charge in [-0.2, -0.15) is 4.98 Å². The Morgan fingerprint density at radius 3 is 2.65 bits per heavy atom. The van der Waals surface area contributed by atoms with E-state index in [1.807, 2.05) is 12.1 Å². The molecule has 3 rings (SSSR count). The van der Waals surface area contributed by atoms with Crippen molar-refractivity contribution in [1.82, 2.24) is 9.97 Å². The van der Waals surface area contributed by atoms with Crippen molar-refractivity contribution in [1.29, 1.82) is 5.41 Å². The van der Waals surface area contributed by atoms with E-state index < -0.39 is 0 Å². The molecule has 0 amide bonds. The average molecular weight is 306 g/mol. The van der Waals surface area contributed by atoms with Crippen molar-refractivity contribution in [2.45, 2.75) is 13.5 Å². The summed E-state index contributed by atoms with van der Waals surface area (Å²) < 4.78 is 5.31. The van der Waals surface area contributed by atoms with Crippen molar-refractivity contribution in [2.75, 3.05) is 12.4 Å². The predicted octanol–water partition coefficient (Wildman–Crippen LogP) is 3.56. The molecule has 0 aliphatic heterocycles. The van der Waals surface area contributed by atoms with Gasteiger partial charge in [-0.15, -0.1) is 0 Å². The van der Waals surface area contributed by atoms with Crippen LogP contribution in [0.5, 0.6) is 5.88 Å². The molecular weight excluding hydrogens is 288 g/mol. The number of nitrogens with one attached hydrogen (secondary N) is 2. The van der Waals surface area contributed by atoms with Gasteiger partial charge in [0, 0.05) is 12.8 Å². The first-order chi connectivity index (χ1) is 11.2. The van der Waals surface area contributed by atoms with Gasteiger partial charge in [0.2, 0.25) is 5.88 Å². The molecule has 0 unspecified atom stereocenters. The highest BCUT2D eigenvalue weighted by Gasteiger charge is 2.12. The molecule has 0 fully saturated rings. The number of benzene rings is 2. The van der Waals surface area contributed by atoms with Gasteiger partial charge in [-0.1, -0.05) is 36.4 Å². The molecule has 0 radical (unpaired) electrons. The molecule has 3 aromatic rings. The molecule has 0 spiro atoms. The Bertz CT molecular complexity index is 861. The number of anilines is 1. The summed E-state index contributed by atoms with van der Waals surface area (Å²) in [5.41, 5.74) is 2.30. The molecular formula is C18H18N4O. The van der Waals surface area contributed by atoms with Crippen molar-refractivity contribution in [3.05, 3.63) is 59.5 Å². The van der Waals surface area contributed by atoms with Crippen LogP contribution < -0.4 is 10.1 Å². The van der Waals surface area contributed by atoms with E-state index in [1.54, 1.807) is 14.0 Å². The largest absolute Gasteiger partial charge is 0.479 e. The minimum atomic E-state index is 0.455. The van der Waals surface area contributed by atoms with Gasteiger partial charge < -0.3 is 15.5 Å². The van der Waals surface area contributed by atoms with Gasteiger partial charge in [0.15, 0.2) is 0 Å². The number of fused-ring (bicyclic) bond motifs is 1.